The number of alkyl carbamates (subject to hydrolysis) is 1. The summed E-state index contributed by atoms with van der Waals surface area (Å²) in [5.74, 6) is -0.117. The zero-order valence-electron chi connectivity index (χ0n) is 11.9. The Kier molecular flexibility index (Phi) is 5.10. The number of carbonyl (C=O) groups is 2. The molecule has 2 N–H and O–H groups in total. The van der Waals surface area contributed by atoms with Gasteiger partial charge in [0.25, 0.3) is 5.91 Å². The lowest BCUT2D eigenvalue weighted by Crippen LogP contribution is -2.37. The molecule has 1 aromatic rings. The van der Waals surface area contributed by atoms with E-state index in [1.54, 1.807) is 17.0 Å². The number of hydrogen-bond donors (Lipinski definition) is 2. The van der Waals surface area contributed by atoms with Gasteiger partial charge in [0.2, 0.25) is 0 Å². The number of nitrogens with zero attached hydrogens (tertiary/aromatic N) is 2. The average molecular weight is 293 g/mol. The van der Waals surface area contributed by atoms with Crippen molar-refractivity contribution in [2.75, 3.05) is 20.3 Å². The fraction of sp³-hybridized carbons (Fsp3) is 0.500. The minimum absolute atomic E-state index is 0.0203. The molecular formula is C14H19N3O4. The maximum Gasteiger partial charge on any atom is 0.407 e. The van der Waals surface area contributed by atoms with Crippen LogP contribution < -0.4 is 5.32 Å². The van der Waals surface area contributed by atoms with Gasteiger partial charge in [0, 0.05) is 18.3 Å². The first kappa shape index (κ1) is 15.2. The topological polar surface area (TPSA) is 91.8 Å². The van der Waals surface area contributed by atoms with Crippen LogP contribution in [-0.2, 0) is 11.3 Å². The molecule has 1 aliphatic rings. The Bertz CT molecular complexity index is 521. The molecule has 0 saturated carbocycles. The first-order chi connectivity index (χ1) is 10.2. The van der Waals surface area contributed by atoms with Crippen molar-refractivity contribution in [3.8, 4) is 0 Å². The van der Waals surface area contributed by atoms with Crippen LogP contribution in [0.5, 0.6) is 0 Å². The van der Waals surface area contributed by atoms with Crippen molar-refractivity contribution in [2.45, 2.75) is 25.4 Å². The van der Waals surface area contributed by atoms with Crippen molar-refractivity contribution in [1.82, 2.24) is 15.2 Å². The van der Waals surface area contributed by atoms with Gasteiger partial charge in [0.1, 0.15) is 0 Å². The molecule has 1 atom stereocenters. The Morgan fingerprint density at radius 2 is 2.38 bits per heavy atom. The van der Waals surface area contributed by atoms with Gasteiger partial charge in [-0.15, -0.1) is 0 Å². The molecule has 0 radical (unpaired) electrons. The number of pyridine rings is 1. The maximum absolute atomic E-state index is 12.4. The summed E-state index contributed by atoms with van der Waals surface area (Å²) in [5, 5.41) is 11.8. The van der Waals surface area contributed by atoms with E-state index in [4.69, 9.17) is 0 Å². The van der Waals surface area contributed by atoms with Crippen LogP contribution in [0, 0.1) is 0 Å². The van der Waals surface area contributed by atoms with Gasteiger partial charge in [-0.3, -0.25) is 9.78 Å². The van der Waals surface area contributed by atoms with Gasteiger partial charge in [-0.1, -0.05) is 0 Å². The Labute approximate surface area is 122 Å². The molecule has 7 nitrogen and oxygen atoms in total. The summed E-state index contributed by atoms with van der Waals surface area (Å²) < 4.78 is 4.48. The monoisotopic (exact) mass is 293 g/mol. The van der Waals surface area contributed by atoms with Crippen LogP contribution in [0.4, 0.5) is 4.79 Å². The highest BCUT2D eigenvalue weighted by Gasteiger charge is 2.28. The van der Waals surface area contributed by atoms with E-state index in [2.05, 4.69) is 15.0 Å². The van der Waals surface area contributed by atoms with E-state index < -0.39 is 6.09 Å². The molecule has 1 fully saturated rings. The summed E-state index contributed by atoms with van der Waals surface area (Å²) in [6, 6.07) is 3.17. The van der Waals surface area contributed by atoms with Crippen LogP contribution in [0.25, 0.3) is 0 Å². The normalized spacial score (nSPS) is 17.6. The summed E-state index contributed by atoms with van der Waals surface area (Å²) in [7, 11) is 1.28. The number of rotatable bonds is 4. The largest absolute Gasteiger partial charge is 0.453 e. The van der Waals surface area contributed by atoms with Crippen LogP contribution >= 0.6 is 0 Å². The van der Waals surface area contributed by atoms with Gasteiger partial charge in [-0.05, 0) is 25.0 Å². The zero-order chi connectivity index (χ0) is 15.2. The molecule has 21 heavy (non-hydrogen) atoms. The smallest absolute Gasteiger partial charge is 0.407 e. The fourth-order valence-electron chi connectivity index (χ4n) is 2.40. The van der Waals surface area contributed by atoms with E-state index >= 15 is 0 Å². The Hall–Kier alpha value is -2.15. The number of ether oxygens (including phenoxy) is 1. The molecule has 0 spiro atoms. The van der Waals surface area contributed by atoms with Crippen molar-refractivity contribution in [1.29, 1.82) is 0 Å². The minimum atomic E-state index is -0.548. The molecule has 1 aromatic heterocycles. The third kappa shape index (κ3) is 3.69. The van der Waals surface area contributed by atoms with Crippen LogP contribution in [0.3, 0.4) is 0 Å². The van der Waals surface area contributed by atoms with Gasteiger partial charge in [0.15, 0.2) is 0 Å². The molecule has 1 unspecified atom stereocenters. The summed E-state index contributed by atoms with van der Waals surface area (Å²) in [6.45, 7) is 0.826. The van der Waals surface area contributed by atoms with Gasteiger partial charge >= 0.3 is 6.09 Å². The summed E-state index contributed by atoms with van der Waals surface area (Å²) in [5.41, 5.74) is 1.08. The quantitative estimate of drug-likeness (QED) is 0.845. The molecule has 1 saturated heterocycles. The number of hydrogen-bond acceptors (Lipinski definition) is 5. The number of aliphatic hydroxyl groups excluding tert-OH is 1. The number of likely N-dealkylation sites (tertiary alicyclic amines) is 1. The second kappa shape index (κ2) is 7.03. The molecule has 2 heterocycles. The standard InChI is InChI=1S/C14H19N3O4/c1-21-14(20)16-8-11-7-10(4-5-15-11)13(19)17-6-2-3-12(17)9-18/h4-5,7,12,18H,2-3,6,8-9H2,1H3,(H,16,20). The summed E-state index contributed by atoms with van der Waals surface area (Å²) in [4.78, 5) is 29.3. The van der Waals surface area contributed by atoms with Crippen LogP contribution in [-0.4, -0.2) is 53.3 Å². The van der Waals surface area contributed by atoms with Crippen molar-refractivity contribution < 1.29 is 19.4 Å². The predicted molar refractivity (Wildman–Crippen MR) is 74.6 cm³/mol. The van der Waals surface area contributed by atoms with E-state index in [1.165, 1.54) is 13.3 Å². The number of amides is 2. The third-order valence-corrected chi connectivity index (χ3v) is 3.51. The third-order valence-electron chi connectivity index (χ3n) is 3.51. The SMILES string of the molecule is COC(=O)NCc1cc(C(=O)N2CCCC2CO)ccn1. The van der Waals surface area contributed by atoms with Crippen molar-refractivity contribution in [3.05, 3.63) is 29.6 Å². The second-order valence-electron chi connectivity index (χ2n) is 4.86. The second-order valence-corrected chi connectivity index (χ2v) is 4.86. The van der Waals surface area contributed by atoms with E-state index in [0.29, 0.717) is 17.8 Å². The minimum Gasteiger partial charge on any atom is -0.453 e. The maximum atomic E-state index is 12.4. The number of methoxy groups -OCH3 is 1. The van der Waals surface area contributed by atoms with Crippen LogP contribution in [0.1, 0.15) is 28.9 Å². The van der Waals surface area contributed by atoms with Gasteiger partial charge in [-0.2, -0.15) is 0 Å². The van der Waals surface area contributed by atoms with Crippen LogP contribution in [0.15, 0.2) is 18.3 Å². The lowest BCUT2D eigenvalue weighted by atomic mass is 10.1. The number of aliphatic hydroxyl groups is 1. The van der Waals surface area contributed by atoms with E-state index in [1.807, 2.05) is 0 Å². The predicted octanol–water partition coefficient (Wildman–Crippen LogP) is 0.534. The Morgan fingerprint density at radius 1 is 1.57 bits per heavy atom. The fourth-order valence-corrected chi connectivity index (χ4v) is 2.40. The van der Waals surface area contributed by atoms with Gasteiger partial charge in [0.05, 0.1) is 32.0 Å². The molecule has 2 amide bonds. The molecule has 1 aliphatic heterocycles. The van der Waals surface area contributed by atoms with Crippen molar-refractivity contribution in [3.63, 3.8) is 0 Å². The number of carbonyl (C=O) groups excluding carboxylic acids is 2. The summed E-state index contributed by atoms with van der Waals surface area (Å²) in [6.07, 6.45) is 2.71. The van der Waals surface area contributed by atoms with Crippen LogP contribution in [0.2, 0.25) is 0 Å². The average Bonchev–Trinajstić information content (AvgIpc) is 3.00. The highest BCUT2D eigenvalue weighted by atomic mass is 16.5. The molecule has 114 valence electrons. The molecule has 0 aromatic carbocycles. The molecule has 0 aliphatic carbocycles. The Morgan fingerprint density at radius 3 is 3.10 bits per heavy atom. The van der Waals surface area contributed by atoms with Gasteiger partial charge < -0.3 is 20.1 Å². The number of nitrogens with one attached hydrogen (secondary N) is 1. The van der Waals surface area contributed by atoms with E-state index in [0.717, 1.165) is 12.8 Å². The zero-order valence-corrected chi connectivity index (χ0v) is 11.9. The highest BCUT2D eigenvalue weighted by molar-refractivity contribution is 5.94. The first-order valence-electron chi connectivity index (χ1n) is 6.84. The van der Waals surface area contributed by atoms with E-state index in [9.17, 15) is 14.7 Å². The first-order valence-corrected chi connectivity index (χ1v) is 6.84. The van der Waals surface area contributed by atoms with Crippen molar-refractivity contribution >= 4 is 12.0 Å². The lowest BCUT2D eigenvalue weighted by Gasteiger charge is -2.23. The summed E-state index contributed by atoms with van der Waals surface area (Å²) >= 11 is 0. The molecule has 2 rings (SSSR count). The number of aromatic nitrogens is 1. The molecule has 0 bridgehead atoms. The van der Waals surface area contributed by atoms with Gasteiger partial charge in [-0.25, -0.2) is 4.79 Å². The lowest BCUT2D eigenvalue weighted by molar-refractivity contribution is 0.0677. The molecule has 7 heteroatoms. The highest BCUT2D eigenvalue weighted by Crippen LogP contribution is 2.19. The Balaban J connectivity index is 2.06. The van der Waals surface area contributed by atoms with Crippen molar-refractivity contribution in [2.24, 2.45) is 0 Å². The van der Waals surface area contributed by atoms with E-state index in [-0.39, 0.29) is 25.1 Å². The molecular weight excluding hydrogens is 274 g/mol.